The maximum Gasteiger partial charge on any atom is 0.138 e. The first-order valence-corrected chi connectivity index (χ1v) is 6.74. The van der Waals surface area contributed by atoms with Crippen molar-refractivity contribution in [3.8, 4) is 5.75 Å². The van der Waals surface area contributed by atoms with Gasteiger partial charge in [0.05, 0.1) is 12.8 Å². The lowest BCUT2D eigenvalue weighted by Crippen LogP contribution is -2.42. The summed E-state index contributed by atoms with van der Waals surface area (Å²) in [6, 6.07) is 2.08. The van der Waals surface area contributed by atoms with Crippen molar-refractivity contribution in [2.75, 3.05) is 26.7 Å². The first kappa shape index (κ1) is 11.7. The summed E-state index contributed by atoms with van der Waals surface area (Å²) >= 11 is 0. The topological polar surface area (TPSA) is 25.4 Å². The van der Waals surface area contributed by atoms with E-state index in [1.807, 2.05) is 6.20 Å². The summed E-state index contributed by atoms with van der Waals surface area (Å²) in [5.74, 6) is 2.38. The minimum Gasteiger partial charge on any atom is -0.492 e. The van der Waals surface area contributed by atoms with E-state index in [4.69, 9.17) is 4.74 Å². The molecule has 0 spiro atoms. The second kappa shape index (κ2) is 5.11. The summed E-state index contributed by atoms with van der Waals surface area (Å²) in [6.07, 6.45) is 10.8. The Morgan fingerprint density at radius 3 is 2.94 bits per heavy atom. The predicted molar refractivity (Wildman–Crippen MR) is 72.5 cm³/mol. The Kier molecular flexibility index (Phi) is 3.33. The summed E-state index contributed by atoms with van der Waals surface area (Å²) in [4.78, 5) is 6.55. The van der Waals surface area contributed by atoms with Crippen molar-refractivity contribution >= 4 is 6.08 Å². The molecule has 0 aromatic carbocycles. The zero-order valence-electron chi connectivity index (χ0n) is 10.9. The molecule has 0 N–H and O–H groups in total. The van der Waals surface area contributed by atoms with E-state index < -0.39 is 0 Å². The standard InChI is InChI=1S/C15H20N2O/c1-17-9-14(10-17)5-4-13-6-15(8-16-7-13)18-11-12-2-3-12/h4-8,12,14H,2-3,9-11H2,1H3/b5-4+. The molecule has 3 rings (SSSR count). The van der Waals surface area contributed by atoms with E-state index in [0.29, 0.717) is 5.92 Å². The quantitative estimate of drug-likeness (QED) is 0.795. The Labute approximate surface area is 108 Å². The molecule has 3 nitrogen and oxygen atoms in total. The Balaban J connectivity index is 1.55. The third-order valence-electron chi connectivity index (χ3n) is 3.57. The van der Waals surface area contributed by atoms with Crippen molar-refractivity contribution < 1.29 is 4.74 Å². The van der Waals surface area contributed by atoms with Gasteiger partial charge in [-0.15, -0.1) is 0 Å². The molecule has 1 aromatic rings. The lowest BCUT2D eigenvalue weighted by Gasteiger charge is -2.34. The minimum atomic E-state index is 0.700. The lowest BCUT2D eigenvalue weighted by molar-refractivity contribution is 0.170. The van der Waals surface area contributed by atoms with Gasteiger partial charge >= 0.3 is 0 Å². The monoisotopic (exact) mass is 244 g/mol. The average molecular weight is 244 g/mol. The van der Waals surface area contributed by atoms with Gasteiger partial charge in [-0.05, 0) is 37.4 Å². The molecule has 0 atom stereocenters. The van der Waals surface area contributed by atoms with Crippen LogP contribution in [0.5, 0.6) is 5.75 Å². The molecule has 96 valence electrons. The van der Waals surface area contributed by atoms with Crippen LogP contribution >= 0.6 is 0 Å². The molecule has 1 saturated carbocycles. The lowest BCUT2D eigenvalue weighted by atomic mass is 10.00. The normalized spacial score (nSPS) is 21.2. The number of pyridine rings is 1. The van der Waals surface area contributed by atoms with Crippen LogP contribution in [-0.2, 0) is 0 Å². The molecular weight excluding hydrogens is 224 g/mol. The van der Waals surface area contributed by atoms with E-state index >= 15 is 0 Å². The first-order chi connectivity index (χ1) is 8.79. The van der Waals surface area contributed by atoms with Gasteiger partial charge in [-0.3, -0.25) is 4.98 Å². The van der Waals surface area contributed by atoms with Crippen LogP contribution in [0.2, 0.25) is 0 Å². The fourth-order valence-electron chi connectivity index (χ4n) is 2.22. The highest BCUT2D eigenvalue weighted by atomic mass is 16.5. The molecule has 18 heavy (non-hydrogen) atoms. The summed E-state index contributed by atoms with van der Waals surface area (Å²) in [6.45, 7) is 3.19. The highest BCUT2D eigenvalue weighted by molar-refractivity contribution is 5.50. The minimum absolute atomic E-state index is 0.700. The number of likely N-dealkylation sites (tertiary alicyclic amines) is 1. The van der Waals surface area contributed by atoms with Crippen LogP contribution in [0.3, 0.4) is 0 Å². The molecule has 2 aliphatic rings. The second-order valence-electron chi connectivity index (χ2n) is 5.55. The van der Waals surface area contributed by atoms with Crippen molar-refractivity contribution in [3.05, 3.63) is 30.1 Å². The van der Waals surface area contributed by atoms with Gasteiger partial charge in [0.2, 0.25) is 0 Å². The Morgan fingerprint density at radius 2 is 2.22 bits per heavy atom. The highest BCUT2D eigenvalue weighted by Gasteiger charge is 2.22. The van der Waals surface area contributed by atoms with Gasteiger partial charge in [0, 0.05) is 25.2 Å². The van der Waals surface area contributed by atoms with Crippen molar-refractivity contribution in [2.24, 2.45) is 11.8 Å². The van der Waals surface area contributed by atoms with Crippen LogP contribution in [0.15, 0.2) is 24.5 Å². The largest absolute Gasteiger partial charge is 0.492 e. The zero-order chi connectivity index (χ0) is 12.4. The van der Waals surface area contributed by atoms with Gasteiger partial charge in [0.1, 0.15) is 5.75 Å². The van der Waals surface area contributed by atoms with E-state index in [1.54, 1.807) is 6.20 Å². The van der Waals surface area contributed by atoms with Crippen LogP contribution in [-0.4, -0.2) is 36.6 Å². The molecule has 2 fully saturated rings. The predicted octanol–water partition coefficient (Wildman–Crippen LogP) is 2.45. The van der Waals surface area contributed by atoms with Gasteiger partial charge in [0.15, 0.2) is 0 Å². The summed E-state index contributed by atoms with van der Waals surface area (Å²) in [5, 5.41) is 0. The number of hydrogen-bond donors (Lipinski definition) is 0. The van der Waals surface area contributed by atoms with E-state index in [9.17, 15) is 0 Å². The molecule has 0 unspecified atom stereocenters. The molecule has 2 heterocycles. The molecule has 1 aromatic heterocycles. The van der Waals surface area contributed by atoms with E-state index in [-0.39, 0.29) is 0 Å². The molecule has 3 heteroatoms. The number of hydrogen-bond acceptors (Lipinski definition) is 3. The fraction of sp³-hybridized carbons (Fsp3) is 0.533. The number of ether oxygens (including phenoxy) is 1. The Bertz CT molecular complexity index is 434. The summed E-state index contributed by atoms with van der Waals surface area (Å²) < 4.78 is 5.73. The maximum absolute atomic E-state index is 5.73. The molecule has 1 aliphatic carbocycles. The average Bonchev–Trinajstić information content (AvgIpc) is 3.15. The van der Waals surface area contributed by atoms with Crippen LogP contribution in [0.1, 0.15) is 18.4 Å². The molecule has 0 amide bonds. The number of rotatable bonds is 5. The smallest absolute Gasteiger partial charge is 0.138 e. The van der Waals surface area contributed by atoms with Crippen molar-refractivity contribution in [2.45, 2.75) is 12.8 Å². The van der Waals surface area contributed by atoms with E-state index in [1.165, 1.54) is 25.9 Å². The van der Waals surface area contributed by atoms with Crippen molar-refractivity contribution in [1.29, 1.82) is 0 Å². The van der Waals surface area contributed by atoms with Gasteiger partial charge in [-0.1, -0.05) is 12.2 Å². The van der Waals surface area contributed by atoms with Crippen molar-refractivity contribution in [3.63, 3.8) is 0 Å². The van der Waals surface area contributed by atoms with Gasteiger partial charge < -0.3 is 9.64 Å². The number of nitrogens with zero attached hydrogens (tertiary/aromatic N) is 2. The molecule has 0 radical (unpaired) electrons. The van der Waals surface area contributed by atoms with E-state index in [0.717, 1.165) is 23.8 Å². The maximum atomic E-state index is 5.73. The molecule has 1 saturated heterocycles. The number of aromatic nitrogens is 1. The SMILES string of the molecule is CN1CC(/C=C/c2cncc(OCC3CC3)c2)C1. The molecular formula is C15H20N2O. The zero-order valence-corrected chi connectivity index (χ0v) is 10.9. The third-order valence-corrected chi connectivity index (χ3v) is 3.57. The van der Waals surface area contributed by atoms with E-state index in [2.05, 4.69) is 35.1 Å². The van der Waals surface area contributed by atoms with Gasteiger partial charge in [0.25, 0.3) is 0 Å². The molecule has 0 bridgehead atoms. The van der Waals surface area contributed by atoms with Crippen LogP contribution in [0.25, 0.3) is 6.08 Å². The Morgan fingerprint density at radius 1 is 1.39 bits per heavy atom. The Hall–Kier alpha value is -1.35. The summed E-state index contributed by atoms with van der Waals surface area (Å²) in [7, 11) is 2.15. The third kappa shape index (κ3) is 3.10. The van der Waals surface area contributed by atoms with Crippen LogP contribution < -0.4 is 4.74 Å². The van der Waals surface area contributed by atoms with Gasteiger partial charge in [-0.2, -0.15) is 0 Å². The molecule has 1 aliphatic heterocycles. The van der Waals surface area contributed by atoms with Crippen molar-refractivity contribution in [1.82, 2.24) is 9.88 Å². The highest BCUT2D eigenvalue weighted by Crippen LogP contribution is 2.29. The fourth-order valence-corrected chi connectivity index (χ4v) is 2.22. The first-order valence-electron chi connectivity index (χ1n) is 6.74. The summed E-state index contributed by atoms with van der Waals surface area (Å²) in [5.41, 5.74) is 1.14. The van der Waals surface area contributed by atoms with Crippen LogP contribution in [0, 0.1) is 11.8 Å². The second-order valence-corrected chi connectivity index (χ2v) is 5.55. The van der Waals surface area contributed by atoms with Crippen LogP contribution in [0.4, 0.5) is 0 Å². The van der Waals surface area contributed by atoms with Gasteiger partial charge in [-0.25, -0.2) is 0 Å².